The van der Waals surface area contributed by atoms with Crippen LogP contribution in [0.2, 0.25) is 0 Å². The predicted molar refractivity (Wildman–Crippen MR) is 97.0 cm³/mol. The van der Waals surface area contributed by atoms with E-state index >= 15 is 0 Å². The molecule has 0 bridgehead atoms. The minimum absolute atomic E-state index is 0.106. The summed E-state index contributed by atoms with van der Waals surface area (Å²) >= 11 is 0. The van der Waals surface area contributed by atoms with Crippen LogP contribution in [0.3, 0.4) is 0 Å². The maximum Gasteiger partial charge on any atom is 0.300 e. The summed E-state index contributed by atoms with van der Waals surface area (Å²) in [6, 6.07) is 15.4. The van der Waals surface area contributed by atoms with Crippen LogP contribution in [0.1, 0.15) is 17.0 Å². The van der Waals surface area contributed by atoms with Crippen LogP contribution in [0.4, 0.5) is 4.39 Å². The van der Waals surface area contributed by atoms with Crippen molar-refractivity contribution in [2.45, 2.75) is 10.9 Å². The van der Waals surface area contributed by atoms with Gasteiger partial charge in [-0.25, -0.2) is 4.39 Å². The molecule has 138 valence electrons. The van der Waals surface area contributed by atoms with Crippen molar-refractivity contribution in [2.24, 2.45) is 12.1 Å². The lowest BCUT2D eigenvalue weighted by Gasteiger charge is -2.15. The molecule has 1 aliphatic rings. The third-order valence-corrected chi connectivity index (χ3v) is 5.85. The highest BCUT2D eigenvalue weighted by atomic mass is 32.2. The number of hydrogen-bond acceptors (Lipinski definition) is 5. The fraction of sp³-hybridized carbons (Fsp3) is 0.167. The van der Waals surface area contributed by atoms with Gasteiger partial charge in [-0.15, -0.1) is 5.10 Å². The first kappa shape index (κ1) is 17.3. The molecule has 1 atom stereocenters. The predicted octanol–water partition coefficient (Wildman–Crippen LogP) is 2.15. The quantitative estimate of drug-likeness (QED) is 0.689. The molecule has 3 aromatic rings. The van der Waals surface area contributed by atoms with Crippen molar-refractivity contribution >= 4 is 15.7 Å². The zero-order chi connectivity index (χ0) is 19.0. The number of aromatic nitrogens is 3. The van der Waals surface area contributed by atoms with Gasteiger partial charge >= 0.3 is 0 Å². The summed E-state index contributed by atoms with van der Waals surface area (Å²) in [7, 11) is -2.34. The van der Waals surface area contributed by atoms with E-state index < -0.39 is 10.0 Å². The van der Waals surface area contributed by atoms with Gasteiger partial charge in [0, 0.05) is 13.0 Å². The molecule has 0 amide bonds. The lowest BCUT2D eigenvalue weighted by atomic mass is 9.91. The normalized spacial score (nSPS) is 17.2. The molecule has 0 aliphatic carbocycles. The molecule has 0 saturated carbocycles. The van der Waals surface area contributed by atoms with E-state index in [1.54, 1.807) is 19.2 Å². The van der Waals surface area contributed by atoms with Crippen molar-refractivity contribution in [1.82, 2.24) is 19.4 Å². The van der Waals surface area contributed by atoms with Gasteiger partial charge in [-0.1, -0.05) is 47.7 Å². The van der Waals surface area contributed by atoms with Gasteiger partial charge in [-0.2, -0.15) is 17.9 Å². The second-order valence-corrected chi connectivity index (χ2v) is 7.99. The van der Waals surface area contributed by atoms with Crippen LogP contribution >= 0.6 is 0 Å². The minimum Gasteiger partial charge on any atom is -0.254 e. The molecule has 0 N–H and O–H groups in total. The molecular formula is C18H16FN5O2S. The highest BCUT2D eigenvalue weighted by molar-refractivity contribution is 7.89. The van der Waals surface area contributed by atoms with E-state index in [1.165, 1.54) is 23.0 Å². The van der Waals surface area contributed by atoms with Crippen LogP contribution in [0.5, 0.6) is 0 Å². The summed E-state index contributed by atoms with van der Waals surface area (Å²) in [5, 5.41) is 11.6. The van der Waals surface area contributed by atoms with E-state index in [-0.39, 0.29) is 23.3 Å². The smallest absolute Gasteiger partial charge is 0.254 e. The van der Waals surface area contributed by atoms with Gasteiger partial charge < -0.3 is 0 Å². The second-order valence-electron chi connectivity index (χ2n) is 6.20. The van der Waals surface area contributed by atoms with Crippen LogP contribution < -0.4 is 0 Å². The second kappa shape index (κ2) is 6.58. The summed E-state index contributed by atoms with van der Waals surface area (Å²) < 4.78 is 41.5. The third-order valence-electron chi connectivity index (χ3n) is 4.35. The van der Waals surface area contributed by atoms with Gasteiger partial charge in [0.2, 0.25) is 5.03 Å². The summed E-state index contributed by atoms with van der Waals surface area (Å²) in [5.41, 5.74) is 2.20. The van der Waals surface area contributed by atoms with Crippen LogP contribution in [0.25, 0.3) is 0 Å². The van der Waals surface area contributed by atoms with E-state index in [0.29, 0.717) is 5.71 Å². The van der Waals surface area contributed by atoms with Crippen molar-refractivity contribution < 1.29 is 12.8 Å². The Balaban J connectivity index is 1.77. The van der Waals surface area contributed by atoms with E-state index in [2.05, 4.69) is 15.4 Å². The Kier molecular flexibility index (Phi) is 4.23. The van der Waals surface area contributed by atoms with Gasteiger partial charge in [-0.05, 0) is 23.3 Å². The minimum atomic E-state index is -3.93. The lowest BCUT2D eigenvalue weighted by molar-refractivity contribution is 0.448. The van der Waals surface area contributed by atoms with Crippen molar-refractivity contribution in [3.8, 4) is 0 Å². The van der Waals surface area contributed by atoms with E-state index in [4.69, 9.17) is 0 Å². The third kappa shape index (κ3) is 3.21. The van der Waals surface area contributed by atoms with Crippen LogP contribution in [0.15, 0.2) is 70.9 Å². The number of rotatable bonds is 4. The summed E-state index contributed by atoms with van der Waals surface area (Å²) in [5.74, 6) is -0.668. The molecule has 1 unspecified atom stereocenters. The van der Waals surface area contributed by atoms with E-state index in [9.17, 15) is 12.8 Å². The number of benzene rings is 2. The van der Waals surface area contributed by atoms with E-state index in [0.717, 1.165) is 15.5 Å². The standard InChI is InChI=1S/C18H16FN5O2S/c1-23-12-17(20-22-23)27(25,26)24-11-16(13-7-9-15(19)10-8-13)18(21-24)14-5-3-2-4-6-14/h2-10,12,16H,11H2,1H3. The molecule has 0 fully saturated rings. The lowest BCUT2D eigenvalue weighted by Crippen LogP contribution is -2.26. The van der Waals surface area contributed by atoms with Crippen LogP contribution in [-0.4, -0.2) is 40.1 Å². The molecule has 27 heavy (non-hydrogen) atoms. The Labute approximate surface area is 155 Å². The maximum atomic E-state index is 13.3. The first-order valence-electron chi connectivity index (χ1n) is 8.23. The number of hydrazone groups is 1. The molecule has 1 aromatic heterocycles. The van der Waals surface area contributed by atoms with Crippen LogP contribution in [-0.2, 0) is 17.1 Å². The average molecular weight is 385 g/mol. The van der Waals surface area contributed by atoms with Gasteiger partial charge in [0.05, 0.1) is 18.5 Å². The Hall–Kier alpha value is -3.07. The first-order valence-corrected chi connectivity index (χ1v) is 9.67. The molecular weight excluding hydrogens is 369 g/mol. The molecule has 9 heteroatoms. The average Bonchev–Trinajstić information content (AvgIpc) is 3.30. The van der Waals surface area contributed by atoms with Gasteiger partial charge in [0.1, 0.15) is 5.82 Å². The zero-order valence-corrected chi connectivity index (χ0v) is 15.2. The van der Waals surface area contributed by atoms with Crippen LogP contribution in [0, 0.1) is 5.82 Å². The number of halogens is 1. The highest BCUT2D eigenvalue weighted by Crippen LogP contribution is 2.31. The molecule has 7 nitrogen and oxygen atoms in total. The Morgan fingerprint density at radius 3 is 2.41 bits per heavy atom. The van der Waals surface area contributed by atoms with Crippen molar-refractivity contribution in [1.29, 1.82) is 0 Å². The van der Waals surface area contributed by atoms with Crippen molar-refractivity contribution in [2.75, 3.05) is 6.54 Å². The topological polar surface area (TPSA) is 80.5 Å². The Morgan fingerprint density at radius 2 is 1.78 bits per heavy atom. The molecule has 0 radical (unpaired) electrons. The number of sulfonamides is 1. The Morgan fingerprint density at radius 1 is 1.07 bits per heavy atom. The number of aryl methyl sites for hydroxylation is 1. The number of hydrogen-bond donors (Lipinski definition) is 0. The first-order chi connectivity index (χ1) is 12.9. The summed E-state index contributed by atoms with van der Waals surface area (Å²) in [4.78, 5) is 0. The fourth-order valence-corrected chi connectivity index (χ4v) is 4.19. The zero-order valence-electron chi connectivity index (χ0n) is 14.4. The molecule has 2 heterocycles. The van der Waals surface area contributed by atoms with Gasteiger partial charge in [0.25, 0.3) is 10.0 Å². The summed E-state index contributed by atoms with van der Waals surface area (Å²) in [6.45, 7) is 0.106. The molecule has 0 saturated heterocycles. The Bertz CT molecular complexity index is 1090. The SMILES string of the molecule is Cn1cc(S(=O)(=O)N2CC(c3ccc(F)cc3)C(c3ccccc3)=N2)nn1. The largest absolute Gasteiger partial charge is 0.300 e. The van der Waals surface area contributed by atoms with Crippen molar-refractivity contribution in [3.05, 3.63) is 77.7 Å². The van der Waals surface area contributed by atoms with Crippen molar-refractivity contribution in [3.63, 3.8) is 0 Å². The molecule has 4 rings (SSSR count). The summed E-state index contributed by atoms with van der Waals surface area (Å²) in [6.07, 6.45) is 1.33. The van der Waals surface area contributed by atoms with Gasteiger partial charge in [-0.3, -0.25) is 4.68 Å². The van der Waals surface area contributed by atoms with E-state index in [1.807, 2.05) is 30.3 Å². The van der Waals surface area contributed by atoms with Gasteiger partial charge in [0.15, 0.2) is 0 Å². The monoisotopic (exact) mass is 385 g/mol. The molecule has 1 aliphatic heterocycles. The molecule has 0 spiro atoms. The number of nitrogens with zero attached hydrogens (tertiary/aromatic N) is 5. The fourth-order valence-electron chi connectivity index (χ4n) is 3.00. The molecule has 2 aromatic carbocycles. The highest BCUT2D eigenvalue weighted by Gasteiger charge is 2.37. The maximum absolute atomic E-state index is 13.3.